The molecule has 4 nitrogen and oxygen atoms in total. The van der Waals surface area contributed by atoms with Gasteiger partial charge in [-0.05, 0) is 25.0 Å². The lowest BCUT2D eigenvalue weighted by molar-refractivity contribution is -0.141. The molecule has 1 amide bonds. The summed E-state index contributed by atoms with van der Waals surface area (Å²) in [5.74, 6) is -1.69. The molecule has 0 bridgehead atoms. The van der Waals surface area contributed by atoms with Gasteiger partial charge in [-0.2, -0.15) is 0 Å². The quantitative estimate of drug-likeness (QED) is 0.772. The van der Waals surface area contributed by atoms with Crippen LogP contribution in [0.2, 0.25) is 0 Å². The number of nitrogens with one attached hydrogen (secondary N) is 1. The van der Waals surface area contributed by atoms with Crippen LogP contribution in [0, 0.1) is 12.8 Å². The van der Waals surface area contributed by atoms with Crippen molar-refractivity contribution in [1.82, 2.24) is 5.32 Å². The molecule has 0 radical (unpaired) electrons. The fraction of sp³-hybridized carbons (Fsp3) is 0.333. The summed E-state index contributed by atoms with van der Waals surface area (Å²) < 4.78 is 0. The number of carbonyl (C=O) groups is 2. The fourth-order valence-electron chi connectivity index (χ4n) is 1.54. The first kappa shape index (κ1) is 15.0. The highest BCUT2D eigenvalue weighted by Gasteiger charge is 2.14. The summed E-state index contributed by atoms with van der Waals surface area (Å²) >= 11 is 0. The Morgan fingerprint density at radius 2 is 1.95 bits per heavy atom. The molecule has 0 aliphatic heterocycles. The maximum absolute atomic E-state index is 11.5. The molecular weight excluding hydrogens is 242 g/mol. The Morgan fingerprint density at radius 1 is 1.32 bits per heavy atom. The Hall–Kier alpha value is -2.10. The van der Waals surface area contributed by atoms with Gasteiger partial charge >= 0.3 is 5.97 Å². The highest BCUT2D eigenvalue weighted by molar-refractivity contribution is 5.91. The number of rotatable bonds is 6. The van der Waals surface area contributed by atoms with E-state index >= 15 is 0 Å². The van der Waals surface area contributed by atoms with Crippen molar-refractivity contribution in [2.24, 2.45) is 5.92 Å². The SMILES string of the molecule is CCC(CNC(=O)C=Cc1ccc(C)cc1)C(=O)O. The van der Waals surface area contributed by atoms with E-state index in [0.717, 1.165) is 11.1 Å². The van der Waals surface area contributed by atoms with Gasteiger partial charge in [-0.1, -0.05) is 36.8 Å². The van der Waals surface area contributed by atoms with Crippen molar-refractivity contribution in [3.05, 3.63) is 41.5 Å². The molecule has 1 rings (SSSR count). The van der Waals surface area contributed by atoms with E-state index < -0.39 is 11.9 Å². The van der Waals surface area contributed by atoms with Crippen LogP contribution in [-0.2, 0) is 9.59 Å². The lowest BCUT2D eigenvalue weighted by atomic mass is 10.1. The van der Waals surface area contributed by atoms with Crippen LogP contribution in [0.5, 0.6) is 0 Å². The van der Waals surface area contributed by atoms with Crippen LogP contribution in [0.1, 0.15) is 24.5 Å². The van der Waals surface area contributed by atoms with Gasteiger partial charge in [0.15, 0.2) is 0 Å². The highest BCUT2D eigenvalue weighted by Crippen LogP contribution is 2.05. The summed E-state index contributed by atoms with van der Waals surface area (Å²) in [5, 5.41) is 11.4. The van der Waals surface area contributed by atoms with Crippen LogP contribution < -0.4 is 5.32 Å². The third-order valence-corrected chi connectivity index (χ3v) is 2.87. The first-order chi connectivity index (χ1) is 9.02. The molecule has 0 saturated carbocycles. The molecule has 0 heterocycles. The van der Waals surface area contributed by atoms with Gasteiger partial charge in [-0.25, -0.2) is 0 Å². The van der Waals surface area contributed by atoms with Gasteiger partial charge < -0.3 is 10.4 Å². The molecular formula is C15H19NO3. The zero-order chi connectivity index (χ0) is 14.3. The molecule has 1 aromatic carbocycles. The van der Waals surface area contributed by atoms with Crippen LogP contribution in [-0.4, -0.2) is 23.5 Å². The molecule has 0 saturated heterocycles. The van der Waals surface area contributed by atoms with Crippen LogP contribution >= 0.6 is 0 Å². The highest BCUT2D eigenvalue weighted by atomic mass is 16.4. The minimum absolute atomic E-state index is 0.156. The van der Waals surface area contributed by atoms with Crippen molar-refractivity contribution in [2.75, 3.05) is 6.54 Å². The largest absolute Gasteiger partial charge is 0.481 e. The summed E-state index contributed by atoms with van der Waals surface area (Å²) in [4.78, 5) is 22.3. The summed E-state index contributed by atoms with van der Waals surface area (Å²) in [6.07, 6.45) is 3.62. The third kappa shape index (κ3) is 5.38. The molecule has 0 aliphatic rings. The predicted octanol–water partition coefficient (Wildman–Crippen LogP) is 2.24. The number of amides is 1. The van der Waals surface area contributed by atoms with Gasteiger partial charge in [0.25, 0.3) is 0 Å². The standard InChI is InChI=1S/C15H19NO3/c1-3-13(15(18)19)10-16-14(17)9-8-12-6-4-11(2)5-7-12/h4-9,13H,3,10H2,1-2H3,(H,16,17)(H,18,19). The molecule has 19 heavy (non-hydrogen) atoms. The lowest BCUT2D eigenvalue weighted by Crippen LogP contribution is -2.31. The topological polar surface area (TPSA) is 66.4 Å². The smallest absolute Gasteiger partial charge is 0.308 e. The van der Waals surface area contributed by atoms with Crippen molar-refractivity contribution in [1.29, 1.82) is 0 Å². The van der Waals surface area contributed by atoms with Crippen molar-refractivity contribution in [2.45, 2.75) is 20.3 Å². The second-order valence-corrected chi connectivity index (χ2v) is 4.43. The van der Waals surface area contributed by atoms with E-state index in [1.54, 1.807) is 13.0 Å². The Bertz CT molecular complexity index is 463. The molecule has 2 N–H and O–H groups in total. The zero-order valence-corrected chi connectivity index (χ0v) is 11.2. The second-order valence-electron chi connectivity index (χ2n) is 4.43. The Balaban J connectivity index is 2.47. The van der Waals surface area contributed by atoms with E-state index in [-0.39, 0.29) is 12.5 Å². The van der Waals surface area contributed by atoms with Crippen molar-refractivity contribution in [3.8, 4) is 0 Å². The van der Waals surface area contributed by atoms with Gasteiger partial charge in [0, 0.05) is 12.6 Å². The fourth-order valence-corrected chi connectivity index (χ4v) is 1.54. The molecule has 0 spiro atoms. The number of benzene rings is 1. The van der Waals surface area contributed by atoms with E-state index in [2.05, 4.69) is 5.32 Å². The number of aliphatic carboxylic acids is 1. The van der Waals surface area contributed by atoms with E-state index in [1.807, 2.05) is 31.2 Å². The van der Waals surface area contributed by atoms with E-state index in [4.69, 9.17) is 5.11 Å². The van der Waals surface area contributed by atoms with Crippen LogP contribution in [0.25, 0.3) is 6.08 Å². The molecule has 102 valence electrons. The number of aryl methyl sites for hydroxylation is 1. The monoisotopic (exact) mass is 261 g/mol. The van der Waals surface area contributed by atoms with E-state index in [0.29, 0.717) is 6.42 Å². The van der Waals surface area contributed by atoms with E-state index in [9.17, 15) is 9.59 Å². The number of hydrogen-bond acceptors (Lipinski definition) is 2. The average Bonchev–Trinajstić information content (AvgIpc) is 2.38. The third-order valence-electron chi connectivity index (χ3n) is 2.87. The minimum atomic E-state index is -0.884. The van der Waals surface area contributed by atoms with Crippen molar-refractivity contribution < 1.29 is 14.7 Å². The Labute approximate surface area is 113 Å². The zero-order valence-electron chi connectivity index (χ0n) is 11.2. The number of hydrogen-bond donors (Lipinski definition) is 2. The van der Waals surface area contributed by atoms with Gasteiger partial charge in [0.05, 0.1) is 5.92 Å². The van der Waals surface area contributed by atoms with Gasteiger partial charge in [-0.3, -0.25) is 9.59 Å². The lowest BCUT2D eigenvalue weighted by Gasteiger charge is -2.09. The summed E-state index contributed by atoms with van der Waals surface area (Å²) in [5.41, 5.74) is 2.10. The molecule has 1 atom stereocenters. The number of carboxylic acids is 1. The van der Waals surface area contributed by atoms with Crippen LogP contribution in [0.3, 0.4) is 0 Å². The van der Waals surface area contributed by atoms with Gasteiger partial charge in [0.2, 0.25) is 5.91 Å². The molecule has 0 aromatic heterocycles. The molecule has 0 aliphatic carbocycles. The van der Waals surface area contributed by atoms with E-state index in [1.165, 1.54) is 6.08 Å². The maximum atomic E-state index is 11.5. The number of carboxylic acid groups (broad SMARTS) is 1. The normalized spacial score (nSPS) is 12.3. The molecule has 1 aromatic rings. The molecule has 0 fully saturated rings. The van der Waals surface area contributed by atoms with Crippen LogP contribution in [0.15, 0.2) is 30.3 Å². The van der Waals surface area contributed by atoms with Crippen molar-refractivity contribution >= 4 is 18.0 Å². The first-order valence-corrected chi connectivity index (χ1v) is 6.28. The first-order valence-electron chi connectivity index (χ1n) is 6.28. The number of carbonyl (C=O) groups excluding carboxylic acids is 1. The Kier molecular flexibility index (Phi) is 5.79. The maximum Gasteiger partial charge on any atom is 0.308 e. The van der Waals surface area contributed by atoms with Crippen LogP contribution in [0.4, 0.5) is 0 Å². The summed E-state index contributed by atoms with van der Waals surface area (Å²) in [6, 6.07) is 7.78. The van der Waals surface area contributed by atoms with Gasteiger partial charge in [0.1, 0.15) is 0 Å². The Morgan fingerprint density at radius 3 is 2.47 bits per heavy atom. The summed E-state index contributed by atoms with van der Waals surface area (Å²) in [7, 11) is 0. The predicted molar refractivity (Wildman–Crippen MR) is 74.6 cm³/mol. The molecule has 1 unspecified atom stereocenters. The average molecular weight is 261 g/mol. The summed E-state index contributed by atoms with van der Waals surface area (Å²) in [6.45, 7) is 3.94. The van der Waals surface area contributed by atoms with Crippen molar-refractivity contribution in [3.63, 3.8) is 0 Å². The van der Waals surface area contributed by atoms with Gasteiger partial charge in [-0.15, -0.1) is 0 Å². The minimum Gasteiger partial charge on any atom is -0.481 e. The second kappa shape index (κ2) is 7.36. The molecule has 4 heteroatoms.